The Morgan fingerprint density at radius 2 is 1.73 bits per heavy atom. The van der Waals surface area contributed by atoms with Gasteiger partial charge in [0.05, 0.1) is 0 Å². The minimum atomic E-state index is -1.02. The van der Waals surface area contributed by atoms with Crippen molar-refractivity contribution in [3.8, 4) is 0 Å². The van der Waals surface area contributed by atoms with Crippen LogP contribution in [0.25, 0.3) is 0 Å². The molecule has 2 N–H and O–H groups in total. The van der Waals surface area contributed by atoms with E-state index in [0.29, 0.717) is 6.54 Å². The Morgan fingerprint density at radius 1 is 1.14 bits per heavy atom. The molecule has 116 valence electrons. The largest absolute Gasteiger partial charge is 0.344 e. The smallest absolute Gasteiger partial charge is 0.246 e. The zero-order valence-electron chi connectivity index (χ0n) is 12.9. The topological polar surface area (TPSA) is 46.3 Å². The predicted molar refractivity (Wildman–Crippen MR) is 93.5 cm³/mol. The van der Waals surface area contributed by atoms with Crippen LogP contribution in [0.2, 0.25) is 0 Å². The lowest BCUT2D eigenvalue weighted by molar-refractivity contribution is -0.135. The lowest BCUT2D eigenvalue weighted by Crippen LogP contribution is -2.50. The molecule has 0 saturated carbocycles. The summed E-state index contributed by atoms with van der Waals surface area (Å²) in [5, 5.41) is 0. The maximum Gasteiger partial charge on any atom is 0.246 e. The quantitative estimate of drug-likeness (QED) is 0.888. The Kier molecular flexibility index (Phi) is 5.37. The standard InChI is InChI=1S/C18H21BrN2O/c1-18(20,15-8-10-16(19)11-9-15)17(22)21(2)13-12-14-6-4-3-5-7-14/h3-11H,12-13,20H2,1-2H3. The molecule has 22 heavy (non-hydrogen) atoms. The zero-order valence-corrected chi connectivity index (χ0v) is 14.5. The zero-order chi connectivity index (χ0) is 16.2. The molecular formula is C18H21BrN2O. The van der Waals surface area contributed by atoms with E-state index in [1.165, 1.54) is 5.56 Å². The molecule has 0 aliphatic rings. The number of hydrogen-bond acceptors (Lipinski definition) is 2. The molecule has 2 aromatic rings. The molecule has 0 heterocycles. The molecule has 0 bridgehead atoms. The summed E-state index contributed by atoms with van der Waals surface area (Å²) < 4.78 is 0.969. The van der Waals surface area contributed by atoms with Crippen LogP contribution in [-0.4, -0.2) is 24.4 Å². The average Bonchev–Trinajstić information content (AvgIpc) is 2.53. The molecule has 4 heteroatoms. The fourth-order valence-corrected chi connectivity index (χ4v) is 2.62. The fourth-order valence-electron chi connectivity index (χ4n) is 2.36. The Morgan fingerprint density at radius 3 is 2.32 bits per heavy atom. The maximum atomic E-state index is 12.7. The van der Waals surface area contributed by atoms with Gasteiger partial charge in [-0.2, -0.15) is 0 Å². The minimum absolute atomic E-state index is 0.0780. The molecule has 0 aliphatic carbocycles. The van der Waals surface area contributed by atoms with E-state index in [1.54, 1.807) is 18.9 Å². The fraction of sp³-hybridized carbons (Fsp3) is 0.278. The van der Waals surface area contributed by atoms with Crippen molar-refractivity contribution in [2.45, 2.75) is 18.9 Å². The number of amides is 1. The molecule has 0 radical (unpaired) electrons. The van der Waals surface area contributed by atoms with Crippen LogP contribution in [-0.2, 0) is 16.8 Å². The molecule has 3 nitrogen and oxygen atoms in total. The van der Waals surface area contributed by atoms with Crippen LogP contribution in [0.4, 0.5) is 0 Å². The maximum absolute atomic E-state index is 12.7. The molecule has 0 fully saturated rings. The van der Waals surface area contributed by atoms with Crippen LogP contribution in [0, 0.1) is 0 Å². The average molecular weight is 361 g/mol. The second-order valence-electron chi connectivity index (χ2n) is 5.67. The van der Waals surface area contributed by atoms with Crippen LogP contribution in [0.1, 0.15) is 18.1 Å². The first kappa shape index (κ1) is 16.7. The van der Waals surface area contributed by atoms with Crippen LogP contribution >= 0.6 is 15.9 Å². The number of carbonyl (C=O) groups is 1. The number of halogens is 1. The van der Waals surface area contributed by atoms with Crippen LogP contribution in [0.3, 0.4) is 0 Å². The Labute approximate surface area is 140 Å². The van der Waals surface area contributed by atoms with Crippen molar-refractivity contribution < 1.29 is 4.79 Å². The first-order valence-corrected chi connectivity index (χ1v) is 8.05. The molecule has 1 amide bonds. The highest BCUT2D eigenvalue weighted by Gasteiger charge is 2.32. The van der Waals surface area contributed by atoms with E-state index in [2.05, 4.69) is 28.1 Å². The number of nitrogens with zero attached hydrogens (tertiary/aromatic N) is 1. The molecule has 1 atom stereocenters. The summed E-state index contributed by atoms with van der Waals surface area (Å²) in [5.41, 5.74) is 7.30. The van der Waals surface area contributed by atoms with Crippen molar-refractivity contribution >= 4 is 21.8 Å². The highest BCUT2D eigenvalue weighted by atomic mass is 79.9. The van der Waals surface area contributed by atoms with Gasteiger partial charge in [0.15, 0.2) is 0 Å². The first-order valence-electron chi connectivity index (χ1n) is 7.25. The summed E-state index contributed by atoms with van der Waals surface area (Å²) >= 11 is 3.39. The number of nitrogens with two attached hydrogens (primary N) is 1. The van der Waals surface area contributed by atoms with Gasteiger partial charge in [0.25, 0.3) is 0 Å². The van der Waals surface area contributed by atoms with Crippen molar-refractivity contribution in [3.05, 3.63) is 70.2 Å². The van der Waals surface area contributed by atoms with Crippen LogP contribution in [0.5, 0.6) is 0 Å². The molecule has 2 rings (SSSR count). The number of rotatable bonds is 5. The summed E-state index contributed by atoms with van der Waals surface area (Å²) in [6, 6.07) is 17.7. The number of carbonyl (C=O) groups excluding carboxylic acids is 1. The number of likely N-dealkylation sites (N-methyl/N-ethyl adjacent to an activating group) is 1. The Hall–Kier alpha value is -1.65. The highest BCUT2D eigenvalue weighted by Crippen LogP contribution is 2.22. The highest BCUT2D eigenvalue weighted by molar-refractivity contribution is 9.10. The van der Waals surface area contributed by atoms with Gasteiger partial charge in [0, 0.05) is 18.1 Å². The summed E-state index contributed by atoms with van der Waals surface area (Å²) in [6.07, 6.45) is 0.819. The molecule has 2 aromatic carbocycles. The van der Waals surface area contributed by atoms with Gasteiger partial charge in [-0.05, 0) is 36.6 Å². The summed E-state index contributed by atoms with van der Waals surface area (Å²) in [6.45, 7) is 2.41. The lowest BCUT2D eigenvalue weighted by atomic mass is 9.91. The second kappa shape index (κ2) is 7.07. The molecule has 0 aromatic heterocycles. The van der Waals surface area contributed by atoms with E-state index in [9.17, 15) is 4.79 Å². The third kappa shape index (κ3) is 3.96. The van der Waals surface area contributed by atoms with Crippen molar-refractivity contribution in [1.29, 1.82) is 0 Å². The van der Waals surface area contributed by atoms with Gasteiger partial charge in [-0.25, -0.2) is 0 Å². The molecule has 1 unspecified atom stereocenters. The van der Waals surface area contributed by atoms with E-state index < -0.39 is 5.54 Å². The van der Waals surface area contributed by atoms with Crippen LogP contribution in [0.15, 0.2) is 59.1 Å². The second-order valence-corrected chi connectivity index (χ2v) is 6.59. The predicted octanol–water partition coefficient (Wildman–Crippen LogP) is 3.32. The third-order valence-corrected chi connectivity index (χ3v) is 4.34. The summed E-state index contributed by atoms with van der Waals surface area (Å²) in [7, 11) is 1.80. The van der Waals surface area contributed by atoms with Crippen LogP contribution < -0.4 is 5.73 Å². The lowest BCUT2D eigenvalue weighted by Gasteiger charge is -2.29. The Balaban J connectivity index is 2.04. The van der Waals surface area contributed by atoms with Gasteiger partial charge in [-0.3, -0.25) is 4.79 Å². The Bertz CT molecular complexity index is 623. The van der Waals surface area contributed by atoms with E-state index in [4.69, 9.17) is 5.73 Å². The molecule has 0 aliphatic heterocycles. The third-order valence-electron chi connectivity index (χ3n) is 3.81. The van der Waals surface area contributed by atoms with Gasteiger partial charge in [-0.15, -0.1) is 0 Å². The summed E-state index contributed by atoms with van der Waals surface area (Å²) in [4.78, 5) is 14.4. The normalized spacial score (nSPS) is 13.5. The SMILES string of the molecule is CN(CCc1ccccc1)C(=O)C(C)(N)c1ccc(Br)cc1. The van der Waals surface area contributed by atoms with E-state index in [0.717, 1.165) is 16.5 Å². The van der Waals surface area contributed by atoms with E-state index in [1.807, 2.05) is 42.5 Å². The van der Waals surface area contributed by atoms with Crippen molar-refractivity contribution in [2.75, 3.05) is 13.6 Å². The molecule has 0 spiro atoms. The van der Waals surface area contributed by atoms with Crippen molar-refractivity contribution in [3.63, 3.8) is 0 Å². The van der Waals surface area contributed by atoms with E-state index in [-0.39, 0.29) is 5.91 Å². The minimum Gasteiger partial charge on any atom is -0.344 e. The van der Waals surface area contributed by atoms with Crippen molar-refractivity contribution in [1.82, 2.24) is 4.90 Å². The van der Waals surface area contributed by atoms with Gasteiger partial charge in [0.1, 0.15) is 5.54 Å². The van der Waals surface area contributed by atoms with E-state index >= 15 is 0 Å². The number of hydrogen-bond donors (Lipinski definition) is 1. The van der Waals surface area contributed by atoms with Gasteiger partial charge in [0.2, 0.25) is 5.91 Å². The molecular weight excluding hydrogens is 340 g/mol. The van der Waals surface area contributed by atoms with Gasteiger partial charge < -0.3 is 10.6 Å². The van der Waals surface area contributed by atoms with Gasteiger partial charge in [-0.1, -0.05) is 58.4 Å². The van der Waals surface area contributed by atoms with Gasteiger partial charge >= 0.3 is 0 Å². The first-order chi connectivity index (χ1) is 10.4. The monoisotopic (exact) mass is 360 g/mol. The summed E-state index contributed by atoms with van der Waals surface area (Å²) in [5.74, 6) is -0.0780. The molecule has 0 saturated heterocycles. The van der Waals surface area contributed by atoms with Crippen molar-refractivity contribution in [2.24, 2.45) is 5.73 Å². The number of benzene rings is 2.